The number of rotatable bonds is 8. The molecule has 3 aromatic carbocycles. The fraction of sp³-hybridized carbons (Fsp3) is 0.269. The van der Waals surface area contributed by atoms with Gasteiger partial charge in [0.05, 0.1) is 18.8 Å². The van der Waals surface area contributed by atoms with E-state index in [-0.39, 0.29) is 11.7 Å². The Labute approximate surface area is 198 Å². The average Bonchev–Trinajstić information content (AvgIpc) is 3.49. The number of nitrogens with zero attached hydrogens (tertiary/aromatic N) is 4. The fourth-order valence-corrected chi connectivity index (χ4v) is 5.02. The van der Waals surface area contributed by atoms with Crippen LogP contribution in [0, 0.1) is 0 Å². The first-order valence-electron chi connectivity index (χ1n) is 11.3. The Morgan fingerprint density at radius 2 is 1.64 bits per heavy atom. The van der Waals surface area contributed by atoms with Gasteiger partial charge in [-0.25, -0.2) is 0 Å². The molecule has 1 fully saturated rings. The predicted molar refractivity (Wildman–Crippen MR) is 133 cm³/mol. The molecule has 1 N–H and O–H groups in total. The van der Waals surface area contributed by atoms with Crippen molar-refractivity contribution >= 4 is 34.1 Å². The molecule has 1 saturated heterocycles. The lowest BCUT2D eigenvalue weighted by atomic mass is 10.1. The number of carbonyl (C=O) groups excluding carboxylic acids is 1. The highest BCUT2D eigenvalue weighted by Gasteiger charge is 2.19. The monoisotopic (exact) mass is 457 g/mol. The molecule has 2 heterocycles. The molecule has 168 valence electrons. The maximum Gasteiger partial charge on any atom is 0.234 e. The summed E-state index contributed by atoms with van der Waals surface area (Å²) >= 11 is 1.44. The Kier molecular flexibility index (Phi) is 6.69. The van der Waals surface area contributed by atoms with Gasteiger partial charge in [-0.1, -0.05) is 78.5 Å². The van der Waals surface area contributed by atoms with Gasteiger partial charge < -0.3 is 9.88 Å². The smallest absolute Gasteiger partial charge is 0.234 e. The van der Waals surface area contributed by atoms with Gasteiger partial charge in [-0.2, -0.15) is 0 Å². The molecule has 1 aliphatic heterocycles. The van der Waals surface area contributed by atoms with Crippen LogP contribution in [0.2, 0.25) is 0 Å². The van der Waals surface area contributed by atoms with Gasteiger partial charge in [0.2, 0.25) is 5.91 Å². The highest BCUT2D eigenvalue weighted by atomic mass is 32.2. The first-order valence-corrected chi connectivity index (χ1v) is 12.3. The van der Waals surface area contributed by atoms with E-state index < -0.39 is 0 Å². The highest BCUT2D eigenvalue weighted by Crippen LogP contribution is 2.25. The van der Waals surface area contributed by atoms with Crippen molar-refractivity contribution in [3.8, 4) is 0 Å². The third kappa shape index (κ3) is 5.26. The first-order chi connectivity index (χ1) is 16.3. The van der Waals surface area contributed by atoms with Crippen LogP contribution >= 0.6 is 11.8 Å². The number of thioether (sulfide) groups is 1. The Morgan fingerprint density at radius 3 is 2.48 bits per heavy atom. The molecule has 1 amide bonds. The number of hydrogen-bond donors (Lipinski definition) is 1. The molecule has 0 unspecified atom stereocenters. The molecule has 6 nitrogen and oxygen atoms in total. The minimum absolute atomic E-state index is 0.0493. The van der Waals surface area contributed by atoms with E-state index in [9.17, 15) is 4.79 Å². The predicted octanol–water partition coefficient (Wildman–Crippen LogP) is 4.81. The molecule has 33 heavy (non-hydrogen) atoms. The van der Waals surface area contributed by atoms with Gasteiger partial charge in [0.25, 0.3) is 0 Å². The molecule has 5 rings (SSSR count). The highest BCUT2D eigenvalue weighted by molar-refractivity contribution is 7.99. The van der Waals surface area contributed by atoms with E-state index in [0.29, 0.717) is 6.54 Å². The molecule has 0 radical (unpaired) electrons. The summed E-state index contributed by atoms with van der Waals surface area (Å²) in [6.07, 6.45) is 2.48. The second-order valence-electron chi connectivity index (χ2n) is 8.32. The van der Waals surface area contributed by atoms with Gasteiger partial charge in [-0.05, 0) is 42.9 Å². The third-order valence-corrected chi connectivity index (χ3v) is 6.90. The number of fused-ring (bicyclic) bond motifs is 1. The van der Waals surface area contributed by atoms with Crippen molar-refractivity contribution in [3.05, 3.63) is 84.2 Å². The number of amides is 1. The lowest BCUT2D eigenvalue weighted by Crippen LogP contribution is -2.22. The van der Waals surface area contributed by atoms with E-state index >= 15 is 0 Å². The molecule has 0 atom stereocenters. The zero-order valence-electron chi connectivity index (χ0n) is 18.5. The number of likely N-dealkylation sites (tertiary alicyclic amines) is 1. The van der Waals surface area contributed by atoms with Crippen LogP contribution in [0.15, 0.2) is 78.0 Å². The lowest BCUT2D eigenvalue weighted by molar-refractivity contribution is -0.113. The van der Waals surface area contributed by atoms with Crippen molar-refractivity contribution in [3.63, 3.8) is 0 Å². The van der Waals surface area contributed by atoms with Gasteiger partial charge in [-0.15, -0.1) is 10.2 Å². The van der Waals surface area contributed by atoms with E-state index in [1.54, 1.807) is 0 Å². The Balaban J connectivity index is 1.30. The SMILES string of the molecule is O=C(CSc1nnc(CN2CCCC2)n1Cc1ccccc1)Nc1cccc2ccccc12. The number of carbonyl (C=O) groups is 1. The van der Waals surface area contributed by atoms with Crippen molar-refractivity contribution < 1.29 is 4.79 Å². The number of aromatic nitrogens is 3. The van der Waals surface area contributed by atoms with Gasteiger partial charge in [0.1, 0.15) is 5.82 Å². The van der Waals surface area contributed by atoms with Crippen LogP contribution < -0.4 is 5.32 Å². The largest absolute Gasteiger partial charge is 0.325 e. The zero-order valence-corrected chi connectivity index (χ0v) is 19.3. The molecule has 7 heteroatoms. The maximum absolute atomic E-state index is 12.8. The summed E-state index contributed by atoms with van der Waals surface area (Å²) in [4.78, 5) is 15.2. The van der Waals surface area contributed by atoms with E-state index in [2.05, 4.69) is 37.1 Å². The molecular formula is C26H27N5OS. The minimum atomic E-state index is -0.0493. The topological polar surface area (TPSA) is 63.1 Å². The van der Waals surface area contributed by atoms with Crippen molar-refractivity contribution in [2.75, 3.05) is 24.2 Å². The average molecular weight is 458 g/mol. The van der Waals surface area contributed by atoms with Crippen LogP contribution in [0.25, 0.3) is 10.8 Å². The second kappa shape index (κ2) is 10.2. The number of benzene rings is 3. The Hall–Kier alpha value is -3.16. The van der Waals surface area contributed by atoms with Crippen molar-refractivity contribution in [1.82, 2.24) is 19.7 Å². The number of anilines is 1. The van der Waals surface area contributed by atoms with Crippen LogP contribution in [0.1, 0.15) is 24.2 Å². The molecule has 0 bridgehead atoms. The van der Waals surface area contributed by atoms with E-state index in [1.807, 2.05) is 60.7 Å². The third-order valence-electron chi connectivity index (χ3n) is 5.94. The molecular weight excluding hydrogens is 430 g/mol. The van der Waals surface area contributed by atoms with Crippen molar-refractivity contribution in [2.45, 2.75) is 31.1 Å². The summed E-state index contributed by atoms with van der Waals surface area (Å²) in [6.45, 7) is 3.70. The summed E-state index contributed by atoms with van der Waals surface area (Å²) in [7, 11) is 0. The molecule has 0 saturated carbocycles. The van der Waals surface area contributed by atoms with Crippen molar-refractivity contribution in [2.24, 2.45) is 0 Å². The van der Waals surface area contributed by atoms with Crippen LogP contribution in [0.5, 0.6) is 0 Å². The van der Waals surface area contributed by atoms with Gasteiger partial charge in [0.15, 0.2) is 5.16 Å². The molecule has 4 aromatic rings. The van der Waals surface area contributed by atoms with Crippen LogP contribution in [0.3, 0.4) is 0 Å². The molecule has 0 aliphatic carbocycles. The first kappa shape index (κ1) is 21.7. The number of hydrogen-bond acceptors (Lipinski definition) is 5. The van der Waals surface area contributed by atoms with Crippen LogP contribution in [0.4, 0.5) is 5.69 Å². The standard InChI is InChI=1S/C26H27N5OS/c32-25(27-23-14-8-12-21-11-4-5-13-22(21)23)19-33-26-29-28-24(18-30-15-6-7-16-30)31(26)17-20-9-2-1-3-10-20/h1-5,8-14H,6-7,15-19H2,(H,27,32). The summed E-state index contributed by atoms with van der Waals surface area (Å²) in [6, 6.07) is 24.4. The van der Waals surface area contributed by atoms with E-state index in [1.165, 1.54) is 30.2 Å². The van der Waals surface area contributed by atoms with Gasteiger partial charge in [0, 0.05) is 11.1 Å². The Morgan fingerprint density at radius 1 is 0.879 bits per heavy atom. The summed E-state index contributed by atoms with van der Waals surface area (Å²) in [5.41, 5.74) is 2.03. The summed E-state index contributed by atoms with van der Waals surface area (Å²) in [5, 5.41) is 14.9. The second-order valence-corrected chi connectivity index (χ2v) is 9.26. The molecule has 0 spiro atoms. The molecule has 1 aliphatic rings. The van der Waals surface area contributed by atoms with E-state index in [4.69, 9.17) is 0 Å². The Bertz CT molecular complexity index is 1230. The summed E-state index contributed by atoms with van der Waals surface area (Å²) in [5.74, 6) is 1.18. The van der Waals surface area contributed by atoms with Crippen LogP contribution in [-0.4, -0.2) is 44.4 Å². The minimum Gasteiger partial charge on any atom is -0.325 e. The quantitative estimate of drug-likeness (QED) is 0.385. The van der Waals surface area contributed by atoms with E-state index in [0.717, 1.165) is 47.1 Å². The lowest BCUT2D eigenvalue weighted by Gasteiger charge is -2.16. The fourth-order valence-electron chi connectivity index (χ4n) is 4.26. The molecule has 1 aromatic heterocycles. The summed E-state index contributed by atoms with van der Waals surface area (Å²) < 4.78 is 2.16. The van der Waals surface area contributed by atoms with Gasteiger partial charge in [-0.3, -0.25) is 9.69 Å². The number of nitrogens with one attached hydrogen (secondary N) is 1. The van der Waals surface area contributed by atoms with Gasteiger partial charge >= 0.3 is 0 Å². The van der Waals surface area contributed by atoms with Crippen LogP contribution in [-0.2, 0) is 17.9 Å². The maximum atomic E-state index is 12.8. The normalized spacial score (nSPS) is 14.1. The van der Waals surface area contributed by atoms with Crippen molar-refractivity contribution in [1.29, 1.82) is 0 Å². The zero-order chi connectivity index (χ0) is 22.5.